The summed E-state index contributed by atoms with van der Waals surface area (Å²) in [6.45, 7) is 1.37. The van der Waals surface area contributed by atoms with E-state index in [1.807, 2.05) is 0 Å². The fraction of sp³-hybridized carbons (Fsp3) is 0.875. The number of hydrogen-bond donors (Lipinski definition) is 2. The first-order valence-electron chi connectivity index (χ1n) is 4.32. The Morgan fingerprint density at radius 2 is 2.17 bits per heavy atom. The van der Waals surface area contributed by atoms with Crippen LogP contribution in [0.15, 0.2) is 0 Å². The molecule has 0 aliphatic carbocycles. The lowest BCUT2D eigenvalue weighted by atomic mass is 10.0. The van der Waals surface area contributed by atoms with Crippen molar-refractivity contribution in [2.24, 2.45) is 5.92 Å². The monoisotopic (exact) mass is 173 g/mol. The number of nitrogens with zero attached hydrogens (tertiary/aromatic N) is 1. The summed E-state index contributed by atoms with van der Waals surface area (Å²) in [5.74, 6) is 0.300. The zero-order valence-electron chi connectivity index (χ0n) is 7.07. The first-order chi connectivity index (χ1) is 5.74. The van der Waals surface area contributed by atoms with E-state index in [2.05, 4.69) is 0 Å². The first kappa shape index (κ1) is 9.32. The number of aliphatic hydroxyl groups is 1. The SMILES string of the molecule is O=C(O)N1CCCC(CO)CC1. The van der Waals surface area contributed by atoms with Crippen LogP contribution < -0.4 is 0 Å². The third kappa shape index (κ3) is 2.37. The highest BCUT2D eigenvalue weighted by molar-refractivity contribution is 5.64. The summed E-state index contributed by atoms with van der Waals surface area (Å²) in [4.78, 5) is 12.0. The van der Waals surface area contributed by atoms with Crippen LogP contribution in [0.5, 0.6) is 0 Å². The number of aliphatic hydroxyl groups excluding tert-OH is 1. The number of likely N-dealkylation sites (tertiary alicyclic amines) is 1. The maximum absolute atomic E-state index is 10.6. The molecule has 1 fully saturated rings. The van der Waals surface area contributed by atoms with Crippen LogP contribution >= 0.6 is 0 Å². The van der Waals surface area contributed by atoms with Crippen molar-refractivity contribution in [3.63, 3.8) is 0 Å². The lowest BCUT2D eigenvalue weighted by Gasteiger charge is -2.15. The lowest BCUT2D eigenvalue weighted by Crippen LogP contribution is -2.30. The Labute approximate surface area is 71.8 Å². The first-order valence-corrected chi connectivity index (χ1v) is 4.32. The third-order valence-corrected chi connectivity index (χ3v) is 2.38. The van der Waals surface area contributed by atoms with Gasteiger partial charge in [0.25, 0.3) is 0 Å². The van der Waals surface area contributed by atoms with Gasteiger partial charge in [0.05, 0.1) is 0 Å². The van der Waals surface area contributed by atoms with Crippen LogP contribution in [-0.4, -0.2) is 40.9 Å². The summed E-state index contributed by atoms with van der Waals surface area (Å²) < 4.78 is 0. The van der Waals surface area contributed by atoms with Gasteiger partial charge in [0.1, 0.15) is 0 Å². The summed E-state index contributed by atoms with van der Waals surface area (Å²) in [6, 6.07) is 0. The molecule has 12 heavy (non-hydrogen) atoms. The maximum Gasteiger partial charge on any atom is 0.407 e. The second-order valence-corrected chi connectivity index (χ2v) is 3.25. The quantitative estimate of drug-likeness (QED) is 0.615. The van der Waals surface area contributed by atoms with Gasteiger partial charge in [-0.05, 0) is 25.2 Å². The van der Waals surface area contributed by atoms with Crippen LogP contribution in [0, 0.1) is 5.92 Å². The molecule has 0 radical (unpaired) electrons. The van der Waals surface area contributed by atoms with Crippen molar-refractivity contribution in [2.45, 2.75) is 19.3 Å². The molecule has 0 aromatic carbocycles. The van der Waals surface area contributed by atoms with E-state index < -0.39 is 6.09 Å². The second kappa shape index (κ2) is 4.30. The van der Waals surface area contributed by atoms with Crippen molar-refractivity contribution in [1.82, 2.24) is 4.90 Å². The van der Waals surface area contributed by atoms with E-state index in [9.17, 15) is 4.79 Å². The molecule has 1 aliphatic rings. The molecule has 2 N–H and O–H groups in total. The minimum Gasteiger partial charge on any atom is -0.465 e. The highest BCUT2D eigenvalue weighted by atomic mass is 16.4. The summed E-state index contributed by atoms with van der Waals surface area (Å²) in [5, 5.41) is 17.6. The van der Waals surface area contributed by atoms with Crippen molar-refractivity contribution in [3.8, 4) is 0 Å². The minimum atomic E-state index is -0.839. The fourth-order valence-electron chi connectivity index (χ4n) is 1.54. The Bertz CT molecular complexity index is 160. The number of carboxylic acid groups (broad SMARTS) is 1. The largest absolute Gasteiger partial charge is 0.465 e. The predicted molar refractivity (Wildman–Crippen MR) is 44.0 cm³/mol. The number of carbonyl (C=O) groups is 1. The summed E-state index contributed by atoms with van der Waals surface area (Å²) >= 11 is 0. The lowest BCUT2D eigenvalue weighted by molar-refractivity contribution is 0.145. The Kier molecular flexibility index (Phi) is 3.34. The van der Waals surface area contributed by atoms with Gasteiger partial charge in [0, 0.05) is 19.7 Å². The van der Waals surface area contributed by atoms with Crippen molar-refractivity contribution in [3.05, 3.63) is 0 Å². The van der Waals surface area contributed by atoms with Crippen LogP contribution in [0.3, 0.4) is 0 Å². The molecule has 1 heterocycles. The average Bonchev–Trinajstić information content (AvgIpc) is 2.28. The van der Waals surface area contributed by atoms with Gasteiger partial charge in [-0.1, -0.05) is 0 Å². The third-order valence-electron chi connectivity index (χ3n) is 2.38. The van der Waals surface area contributed by atoms with Gasteiger partial charge in [-0.3, -0.25) is 0 Å². The molecule has 1 aliphatic heterocycles. The van der Waals surface area contributed by atoms with Gasteiger partial charge in [0.15, 0.2) is 0 Å². The van der Waals surface area contributed by atoms with Gasteiger partial charge in [0.2, 0.25) is 0 Å². The second-order valence-electron chi connectivity index (χ2n) is 3.25. The molecule has 70 valence electrons. The van der Waals surface area contributed by atoms with Gasteiger partial charge in [-0.15, -0.1) is 0 Å². The van der Waals surface area contributed by atoms with E-state index in [1.165, 1.54) is 4.90 Å². The Morgan fingerprint density at radius 3 is 2.75 bits per heavy atom. The van der Waals surface area contributed by atoms with E-state index in [-0.39, 0.29) is 6.61 Å². The van der Waals surface area contributed by atoms with Crippen LogP contribution in [-0.2, 0) is 0 Å². The number of hydrogen-bond acceptors (Lipinski definition) is 2. The molecule has 0 aromatic heterocycles. The Hall–Kier alpha value is -0.770. The molecule has 4 heteroatoms. The maximum atomic E-state index is 10.6. The van der Waals surface area contributed by atoms with Gasteiger partial charge >= 0.3 is 6.09 Å². The molecule has 0 spiro atoms. The van der Waals surface area contributed by atoms with E-state index in [0.29, 0.717) is 19.0 Å². The van der Waals surface area contributed by atoms with Crippen molar-refractivity contribution in [1.29, 1.82) is 0 Å². The normalized spacial score (nSPS) is 25.1. The van der Waals surface area contributed by atoms with Crippen LogP contribution in [0.1, 0.15) is 19.3 Å². The van der Waals surface area contributed by atoms with Crippen molar-refractivity contribution < 1.29 is 15.0 Å². The van der Waals surface area contributed by atoms with Crippen LogP contribution in [0.25, 0.3) is 0 Å². The topological polar surface area (TPSA) is 60.8 Å². The smallest absolute Gasteiger partial charge is 0.407 e. The van der Waals surface area contributed by atoms with Crippen molar-refractivity contribution in [2.75, 3.05) is 19.7 Å². The highest BCUT2D eigenvalue weighted by Crippen LogP contribution is 2.16. The standard InChI is InChI=1S/C8H15NO3/c10-6-7-2-1-4-9(5-3-7)8(11)12/h7,10H,1-6H2,(H,11,12). The molecule has 1 amide bonds. The van der Waals surface area contributed by atoms with Gasteiger partial charge in [-0.25, -0.2) is 4.79 Å². The Morgan fingerprint density at radius 1 is 1.42 bits per heavy atom. The molecule has 4 nitrogen and oxygen atoms in total. The minimum absolute atomic E-state index is 0.188. The molecule has 1 rings (SSSR count). The molecule has 0 saturated carbocycles. The van der Waals surface area contributed by atoms with Gasteiger partial charge in [-0.2, -0.15) is 0 Å². The molecule has 1 unspecified atom stereocenters. The molecular formula is C8H15NO3. The fourth-order valence-corrected chi connectivity index (χ4v) is 1.54. The molecule has 1 saturated heterocycles. The van der Waals surface area contributed by atoms with Crippen molar-refractivity contribution >= 4 is 6.09 Å². The summed E-state index contributed by atoms with van der Waals surface area (Å²) in [7, 11) is 0. The number of amides is 1. The zero-order valence-corrected chi connectivity index (χ0v) is 7.07. The molecule has 0 bridgehead atoms. The predicted octanol–water partition coefficient (Wildman–Crippen LogP) is 0.759. The zero-order chi connectivity index (χ0) is 8.97. The van der Waals surface area contributed by atoms with E-state index in [4.69, 9.17) is 10.2 Å². The molecule has 1 atom stereocenters. The van der Waals surface area contributed by atoms with E-state index >= 15 is 0 Å². The number of rotatable bonds is 1. The van der Waals surface area contributed by atoms with Crippen LogP contribution in [0.4, 0.5) is 4.79 Å². The summed E-state index contributed by atoms with van der Waals surface area (Å²) in [5.41, 5.74) is 0. The average molecular weight is 173 g/mol. The molecule has 0 aromatic rings. The van der Waals surface area contributed by atoms with E-state index in [1.54, 1.807) is 0 Å². The van der Waals surface area contributed by atoms with Gasteiger partial charge < -0.3 is 15.1 Å². The Balaban J connectivity index is 2.39. The highest BCUT2D eigenvalue weighted by Gasteiger charge is 2.18. The molecular weight excluding hydrogens is 158 g/mol. The summed E-state index contributed by atoms with van der Waals surface area (Å²) in [6.07, 6.45) is 1.77. The van der Waals surface area contributed by atoms with Crippen LogP contribution in [0.2, 0.25) is 0 Å². The van der Waals surface area contributed by atoms with E-state index in [0.717, 1.165) is 19.3 Å².